The van der Waals surface area contributed by atoms with Gasteiger partial charge in [0.05, 0.1) is 5.69 Å². The number of carboxylic acids is 1. The van der Waals surface area contributed by atoms with Gasteiger partial charge in [0.2, 0.25) is 0 Å². The molecule has 0 aliphatic heterocycles. The predicted molar refractivity (Wildman–Crippen MR) is 50.3 cm³/mol. The van der Waals surface area contributed by atoms with Crippen molar-refractivity contribution < 1.29 is 19.4 Å². The van der Waals surface area contributed by atoms with E-state index in [9.17, 15) is 4.79 Å². The minimum Gasteiger partial charge on any atom is -0.478 e. The summed E-state index contributed by atoms with van der Waals surface area (Å²) in [6.45, 7) is -0.0332. The maximum atomic E-state index is 10.8. The van der Waals surface area contributed by atoms with Gasteiger partial charge in [-0.05, 0) is 12.1 Å². The fourth-order valence-electron chi connectivity index (χ4n) is 1.00. The molecular weight excluding hydrogens is 186 g/mol. The minimum absolute atomic E-state index is 0.0297. The van der Waals surface area contributed by atoms with Gasteiger partial charge in [-0.25, -0.2) is 4.79 Å². The van der Waals surface area contributed by atoms with Crippen LogP contribution in [0, 0.1) is 0 Å². The van der Waals surface area contributed by atoms with Crippen LogP contribution in [0.5, 0.6) is 5.75 Å². The van der Waals surface area contributed by atoms with E-state index >= 15 is 0 Å². The van der Waals surface area contributed by atoms with Gasteiger partial charge < -0.3 is 20.3 Å². The van der Waals surface area contributed by atoms with Gasteiger partial charge in [0.1, 0.15) is 5.56 Å². The standard InChI is InChI=1S/C9H11NO4/c1-13-5-14-8-6(9(11)12)3-2-4-7(8)10/h2-4H,5,10H2,1H3,(H,11,12). The van der Waals surface area contributed by atoms with Crippen LogP contribution in [-0.4, -0.2) is 25.0 Å². The summed E-state index contributed by atoms with van der Waals surface area (Å²) in [4.78, 5) is 10.8. The Bertz CT molecular complexity index is 338. The number of anilines is 1. The number of hydrogen-bond acceptors (Lipinski definition) is 4. The van der Waals surface area contributed by atoms with E-state index in [0.717, 1.165) is 0 Å². The van der Waals surface area contributed by atoms with E-state index in [-0.39, 0.29) is 23.8 Å². The number of methoxy groups -OCH3 is 1. The van der Waals surface area contributed by atoms with Gasteiger partial charge in [0, 0.05) is 7.11 Å². The van der Waals surface area contributed by atoms with Crippen LogP contribution in [0.15, 0.2) is 18.2 Å². The van der Waals surface area contributed by atoms with Gasteiger partial charge in [-0.1, -0.05) is 6.07 Å². The van der Waals surface area contributed by atoms with Crippen LogP contribution in [0.4, 0.5) is 5.69 Å². The highest BCUT2D eigenvalue weighted by Gasteiger charge is 2.13. The second-order valence-electron chi connectivity index (χ2n) is 2.58. The van der Waals surface area contributed by atoms with Crippen molar-refractivity contribution in [3.05, 3.63) is 23.8 Å². The topological polar surface area (TPSA) is 81.8 Å². The zero-order chi connectivity index (χ0) is 10.6. The van der Waals surface area contributed by atoms with Gasteiger partial charge in [-0.15, -0.1) is 0 Å². The number of aromatic carboxylic acids is 1. The molecule has 0 spiro atoms. The quantitative estimate of drug-likeness (QED) is 0.554. The molecule has 5 nitrogen and oxygen atoms in total. The van der Waals surface area contributed by atoms with Crippen molar-refractivity contribution in [1.29, 1.82) is 0 Å². The van der Waals surface area contributed by atoms with E-state index in [4.69, 9.17) is 15.6 Å². The molecule has 1 aromatic carbocycles. The van der Waals surface area contributed by atoms with E-state index in [1.807, 2.05) is 0 Å². The van der Waals surface area contributed by atoms with Crippen LogP contribution in [0.3, 0.4) is 0 Å². The molecule has 0 amide bonds. The number of nitrogen functional groups attached to an aromatic ring is 1. The molecule has 0 atom stereocenters. The molecule has 0 aliphatic rings. The van der Waals surface area contributed by atoms with Crippen molar-refractivity contribution in [3.63, 3.8) is 0 Å². The van der Waals surface area contributed by atoms with Crippen molar-refractivity contribution in [2.45, 2.75) is 0 Å². The first kappa shape index (κ1) is 10.3. The van der Waals surface area contributed by atoms with Gasteiger partial charge in [0.25, 0.3) is 0 Å². The Morgan fingerprint density at radius 1 is 1.57 bits per heavy atom. The summed E-state index contributed by atoms with van der Waals surface area (Å²) in [6, 6.07) is 4.54. The Morgan fingerprint density at radius 3 is 2.86 bits per heavy atom. The average Bonchev–Trinajstić information content (AvgIpc) is 2.15. The fourth-order valence-corrected chi connectivity index (χ4v) is 1.00. The number of rotatable bonds is 4. The summed E-state index contributed by atoms with van der Waals surface area (Å²) in [7, 11) is 1.44. The van der Waals surface area contributed by atoms with Gasteiger partial charge >= 0.3 is 5.97 Å². The maximum absolute atomic E-state index is 10.8. The highest BCUT2D eigenvalue weighted by Crippen LogP contribution is 2.26. The molecule has 14 heavy (non-hydrogen) atoms. The number of carboxylic acid groups (broad SMARTS) is 1. The van der Waals surface area contributed by atoms with Crippen LogP contribution < -0.4 is 10.5 Å². The Kier molecular flexibility index (Phi) is 3.30. The number of benzene rings is 1. The van der Waals surface area contributed by atoms with Crippen LogP contribution >= 0.6 is 0 Å². The zero-order valence-corrected chi connectivity index (χ0v) is 7.69. The van der Waals surface area contributed by atoms with E-state index < -0.39 is 5.97 Å². The van der Waals surface area contributed by atoms with Crippen molar-refractivity contribution in [3.8, 4) is 5.75 Å². The van der Waals surface area contributed by atoms with E-state index in [1.54, 1.807) is 12.1 Å². The van der Waals surface area contributed by atoms with Gasteiger partial charge in [-0.3, -0.25) is 0 Å². The summed E-state index contributed by atoms with van der Waals surface area (Å²) in [5.41, 5.74) is 5.87. The summed E-state index contributed by atoms with van der Waals surface area (Å²) in [5, 5.41) is 8.81. The number of ether oxygens (including phenoxy) is 2. The fraction of sp³-hybridized carbons (Fsp3) is 0.222. The molecule has 5 heteroatoms. The number of nitrogens with two attached hydrogens (primary N) is 1. The molecule has 0 aromatic heterocycles. The summed E-state index contributed by atoms with van der Waals surface area (Å²) < 4.78 is 9.72. The molecule has 1 aromatic rings. The second kappa shape index (κ2) is 4.48. The van der Waals surface area contributed by atoms with Crippen molar-refractivity contribution in [2.24, 2.45) is 0 Å². The van der Waals surface area contributed by atoms with E-state index in [0.29, 0.717) is 0 Å². The third kappa shape index (κ3) is 2.14. The number of para-hydroxylation sites is 1. The van der Waals surface area contributed by atoms with E-state index in [2.05, 4.69) is 4.74 Å². The molecule has 0 heterocycles. The lowest BCUT2D eigenvalue weighted by Gasteiger charge is -2.09. The van der Waals surface area contributed by atoms with Crippen molar-refractivity contribution in [2.75, 3.05) is 19.6 Å². The zero-order valence-electron chi connectivity index (χ0n) is 7.69. The van der Waals surface area contributed by atoms with Crippen LogP contribution in [0.2, 0.25) is 0 Å². The second-order valence-corrected chi connectivity index (χ2v) is 2.58. The van der Waals surface area contributed by atoms with Crippen LogP contribution in [0.1, 0.15) is 10.4 Å². The first-order valence-electron chi connectivity index (χ1n) is 3.90. The third-order valence-corrected chi connectivity index (χ3v) is 1.60. The largest absolute Gasteiger partial charge is 0.478 e. The molecule has 0 fully saturated rings. The Balaban J connectivity index is 3.02. The van der Waals surface area contributed by atoms with Crippen molar-refractivity contribution in [1.82, 2.24) is 0 Å². The third-order valence-electron chi connectivity index (χ3n) is 1.60. The number of hydrogen-bond donors (Lipinski definition) is 2. The monoisotopic (exact) mass is 197 g/mol. The summed E-state index contributed by atoms with van der Waals surface area (Å²) in [6.07, 6.45) is 0. The van der Waals surface area contributed by atoms with E-state index in [1.165, 1.54) is 13.2 Å². The molecule has 1 rings (SSSR count). The Morgan fingerprint density at radius 2 is 2.29 bits per heavy atom. The normalized spacial score (nSPS) is 9.79. The Labute approximate surface area is 81.0 Å². The molecule has 76 valence electrons. The molecule has 0 saturated heterocycles. The molecule has 0 saturated carbocycles. The molecule has 0 unspecified atom stereocenters. The maximum Gasteiger partial charge on any atom is 0.339 e. The smallest absolute Gasteiger partial charge is 0.339 e. The highest BCUT2D eigenvalue weighted by molar-refractivity contribution is 5.93. The van der Waals surface area contributed by atoms with Crippen molar-refractivity contribution >= 4 is 11.7 Å². The highest BCUT2D eigenvalue weighted by atomic mass is 16.7. The summed E-state index contributed by atoms with van der Waals surface area (Å²) in [5.74, 6) is -0.940. The van der Waals surface area contributed by atoms with Crippen LogP contribution in [0.25, 0.3) is 0 Å². The first-order valence-corrected chi connectivity index (χ1v) is 3.90. The minimum atomic E-state index is -1.08. The average molecular weight is 197 g/mol. The van der Waals surface area contributed by atoms with Crippen LogP contribution in [-0.2, 0) is 4.74 Å². The molecule has 3 N–H and O–H groups in total. The first-order chi connectivity index (χ1) is 6.66. The lowest BCUT2D eigenvalue weighted by atomic mass is 10.2. The molecular formula is C9H11NO4. The lowest BCUT2D eigenvalue weighted by Crippen LogP contribution is -2.07. The molecule has 0 aliphatic carbocycles. The predicted octanol–water partition coefficient (Wildman–Crippen LogP) is 0.950. The van der Waals surface area contributed by atoms with Gasteiger partial charge in [-0.2, -0.15) is 0 Å². The Hall–Kier alpha value is -1.75. The number of carbonyl (C=O) groups is 1. The molecule has 0 radical (unpaired) electrons. The summed E-state index contributed by atoms with van der Waals surface area (Å²) >= 11 is 0. The molecule has 0 bridgehead atoms. The lowest BCUT2D eigenvalue weighted by molar-refractivity contribution is 0.0489. The SMILES string of the molecule is COCOc1c(N)cccc1C(=O)O. The van der Waals surface area contributed by atoms with Gasteiger partial charge in [0.15, 0.2) is 12.5 Å².